The Kier molecular flexibility index (Phi) is 4.72. The highest BCUT2D eigenvalue weighted by Gasteiger charge is 2.37. The van der Waals surface area contributed by atoms with E-state index in [2.05, 4.69) is 10.1 Å². The van der Waals surface area contributed by atoms with Crippen molar-refractivity contribution in [2.45, 2.75) is 32.9 Å². The smallest absolute Gasteiger partial charge is 0.361 e. The highest BCUT2D eigenvalue weighted by molar-refractivity contribution is 5.97. The maximum Gasteiger partial charge on any atom is 0.406 e. The predicted molar refractivity (Wildman–Crippen MR) is 77.0 cm³/mol. The fraction of sp³-hybridized carbons (Fsp3) is 0.400. The zero-order valence-corrected chi connectivity index (χ0v) is 12.9. The number of hydrogen-bond acceptors (Lipinski definition) is 4. The summed E-state index contributed by atoms with van der Waals surface area (Å²) in [6.07, 6.45) is -3.20. The van der Waals surface area contributed by atoms with E-state index in [1.54, 1.807) is 19.9 Å². The van der Waals surface area contributed by atoms with Crippen LogP contribution in [0.15, 0.2) is 28.9 Å². The van der Waals surface area contributed by atoms with E-state index in [1.165, 1.54) is 25.3 Å². The number of nitrogens with zero attached hydrogens (tertiary/aromatic N) is 3. The third kappa shape index (κ3) is 3.88. The van der Waals surface area contributed by atoms with Crippen LogP contribution in [0.25, 0.3) is 0 Å². The zero-order valence-electron chi connectivity index (χ0n) is 12.9. The van der Waals surface area contributed by atoms with Gasteiger partial charge in [0.15, 0.2) is 0 Å². The van der Waals surface area contributed by atoms with Crippen LogP contribution in [0, 0.1) is 13.8 Å². The number of amides is 1. The maximum absolute atomic E-state index is 12.9. The SMILES string of the molecule is Cc1noc(C)c1[C@@H](C)C(=O)N(CC(F)(F)F)c1ccccn1. The van der Waals surface area contributed by atoms with Crippen LogP contribution in [-0.4, -0.2) is 28.8 Å². The number of halogens is 3. The largest absolute Gasteiger partial charge is 0.406 e. The van der Waals surface area contributed by atoms with Crippen LogP contribution in [0.4, 0.5) is 19.0 Å². The van der Waals surface area contributed by atoms with E-state index in [4.69, 9.17) is 4.52 Å². The Morgan fingerprint density at radius 1 is 1.35 bits per heavy atom. The maximum atomic E-state index is 12.9. The molecule has 2 aromatic rings. The number of alkyl halides is 3. The van der Waals surface area contributed by atoms with Gasteiger partial charge in [0.1, 0.15) is 18.1 Å². The van der Waals surface area contributed by atoms with Gasteiger partial charge in [-0.1, -0.05) is 11.2 Å². The Morgan fingerprint density at radius 2 is 2.04 bits per heavy atom. The summed E-state index contributed by atoms with van der Waals surface area (Å²) in [5, 5.41) is 3.74. The molecule has 0 bridgehead atoms. The molecule has 5 nitrogen and oxygen atoms in total. The van der Waals surface area contributed by atoms with Gasteiger partial charge in [-0.15, -0.1) is 0 Å². The Balaban J connectivity index is 2.37. The molecule has 8 heteroatoms. The quantitative estimate of drug-likeness (QED) is 0.864. The average Bonchev–Trinajstić information content (AvgIpc) is 2.82. The van der Waals surface area contributed by atoms with Crippen molar-refractivity contribution >= 4 is 11.7 Å². The highest BCUT2D eigenvalue weighted by Crippen LogP contribution is 2.28. The van der Waals surface area contributed by atoms with Gasteiger partial charge in [-0.3, -0.25) is 9.69 Å². The summed E-state index contributed by atoms with van der Waals surface area (Å²) in [6.45, 7) is 3.39. The minimum absolute atomic E-state index is 0.0477. The van der Waals surface area contributed by atoms with Crippen molar-refractivity contribution in [1.82, 2.24) is 10.1 Å². The normalized spacial score (nSPS) is 13.0. The molecule has 2 rings (SSSR count). The number of carbonyl (C=O) groups excluding carboxylic acids is 1. The van der Waals surface area contributed by atoms with E-state index in [1.807, 2.05) is 0 Å². The minimum atomic E-state index is -4.54. The molecule has 0 spiro atoms. The van der Waals surface area contributed by atoms with Crippen molar-refractivity contribution in [3.05, 3.63) is 41.4 Å². The number of aromatic nitrogens is 2. The first kappa shape index (κ1) is 17.0. The van der Waals surface area contributed by atoms with Gasteiger partial charge in [0, 0.05) is 11.8 Å². The lowest BCUT2D eigenvalue weighted by molar-refractivity contribution is -0.133. The molecule has 1 amide bonds. The van der Waals surface area contributed by atoms with Crippen molar-refractivity contribution < 1.29 is 22.5 Å². The fourth-order valence-electron chi connectivity index (χ4n) is 2.43. The molecular weight excluding hydrogens is 311 g/mol. The third-order valence-corrected chi connectivity index (χ3v) is 3.42. The van der Waals surface area contributed by atoms with Gasteiger partial charge in [0.05, 0.1) is 11.6 Å². The first-order valence-corrected chi connectivity index (χ1v) is 6.92. The van der Waals surface area contributed by atoms with Crippen molar-refractivity contribution in [1.29, 1.82) is 0 Å². The van der Waals surface area contributed by atoms with Crippen LogP contribution in [0.5, 0.6) is 0 Å². The number of pyridine rings is 1. The molecule has 0 radical (unpaired) electrons. The molecule has 2 heterocycles. The molecular formula is C15H16F3N3O2. The molecule has 0 aliphatic carbocycles. The summed E-state index contributed by atoms with van der Waals surface area (Å²) < 4.78 is 43.6. The van der Waals surface area contributed by atoms with Crippen LogP contribution >= 0.6 is 0 Å². The number of hydrogen-bond donors (Lipinski definition) is 0. The van der Waals surface area contributed by atoms with Crippen LogP contribution in [0.1, 0.15) is 29.9 Å². The van der Waals surface area contributed by atoms with Crippen LogP contribution in [0.2, 0.25) is 0 Å². The number of anilines is 1. The predicted octanol–water partition coefficient (Wildman–Crippen LogP) is 3.39. The van der Waals surface area contributed by atoms with Gasteiger partial charge in [-0.05, 0) is 32.9 Å². The summed E-state index contributed by atoms with van der Waals surface area (Å²) in [5.74, 6) is -1.18. The van der Waals surface area contributed by atoms with Crippen LogP contribution < -0.4 is 4.90 Å². The van der Waals surface area contributed by atoms with Crippen LogP contribution in [0.3, 0.4) is 0 Å². The van der Waals surface area contributed by atoms with E-state index in [0.717, 1.165) is 0 Å². The number of aryl methyl sites for hydroxylation is 2. The van der Waals surface area contributed by atoms with Crippen molar-refractivity contribution in [3.8, 4) is 0 Å². The van der Waals surface area contributed by atoms with Crippen molar-refractivity contribution in [2.24, 2.45) is 0 Å². The van der Waals surface area contributed by atoms with Gasteiger partial charge in [0.2, 0.25) is 5.91 Å². The molecule has 0 aliphatic rings. The summed E-state index contributed by atoms with van der Waals surface area (Å²) in [6, 6.07) is 4.46. The molecule has 0 N–H and O–H groups in total. The zero-order chi connectivity index (χ0) is 17.2. The standard InChI is InChI=1S/C15H16F3N3O2/c1-9(13-10(2)20-23-11(13)3)14(22)21(8-15(16,17)18)12-6-4-5-7-19-12/h4-7,9H,8H2,1-3H3/t9-/m1/s1. The molecule has 2 aromatic heterocycles. The van der Waals surface area contributed by atoms with E-state index in [-0.39, 0.29) is 5.82 Å². The summed E-state index contributed by atoms with van der Waals surface area (Å²) in [4.78, 5) is 17.1. The average molecular weight is 327 g/mol. The molecule has 0 saturated heterocycles. The van der Waals surface area contributed by atoms with Gasteiger partial charge in [0.25, 0.3) is 0 Å². The Morgan fingerprint density at radius 3 is 2.52 bits per heavy atom. The Bertz CT molecular complexity index is 664. The summed E-state index contributed by atoms with van der Waals surface area (Å²) >= 11 is 0. The molecule has 0 saturated carbocycles. The van der Waals surface area contributed by atoms with E-state index >= 15 is 0 Å². The van der Waals surface area contributed by atoms with Gasteiger partial charge >= 0.3 is 6.18 Å². The minimum Gasteiger partial charge on any atom is -0.361 e. The van der Waals surface area contributed by atoms with Crippen molar-refractivity contribution in [3.63, 3.8) is 0 Å². The second-order valence-corrected chi connectivity index (χ2v) is 5.19. The second kappa shape index (κ2) is 6.39. The lowest BCUT2D eigenvalue weighted by Crippen LogP contribution is -2.41. The molecule has 0 aliphatic heterocycles. The topological polar surface area (TPSA) is 59.2 Å². The lowest BCUT2D eigenvalue weighted by Gasteiger charge is -2.26. The fourth-order valence-corrected chi connectivity index (χ4v) is 2.43. The Labute approximate surface area is 131 Å². The molecule has 124 valence electrons. The van der Waals surface area contributed by atoms with Crippen molar-refractivity contribution in [2.75, 3.05) is 11.4 Å². The second-order valence-electron chi connectivity index (χ2n) is 5.19. The van der Waals surface area contributed by atoms with E-state index in [9.17, 15) is 18.0 Å². The number of carbonyl (C=O) groups is 1. The monoisotopic (exact) mass is 327 g/mol. The van der Waals surface area contributed by atoms with Gasteiger partial charge in [-0.2, -0.15) is 13.2 Å². The first-order chi connectivity index (χ1) is 10.7. The first-order valence-electron chi connectivity index (χ1n) is 6.92. The molecule has 0 aromatic carbocycles. The molecule has 0 fully saturated rings. The highest BCUT2D eigenvalue weighted by atomic mass is 19.4. The van der Waals surface area contributed by atoms with Gasteiger partial charge in [-0.25, -0.2) is 4.98 Å². The van der Waals surface area contributed by atoms with E-state index in [0.29, 0.717) is 21.9 Å². The lowest BCUT2D eigenvalue weighted by atomic mass is 9.98. The van der Waals surface area contributed by atoms with Crippen LogP contribution in [-0.2, 0) is 4.79 Å². The summed E-state index contributed by atoms with van der Waals surface area (Å²) in [5.41, 5.74) is 0.981. The molecule has 1 atom stereocenters. The third-order valence-electron chi connectivity index (χ3n) is 3.42. The van der Waals surface area contributed by atoms with Gasteiger partial charge < -0.3 is 4.52 Å². The molecule has 0 unspecified atom stereocenters. The Hall–Kier alpha value is -2.38. The number of rotatable bonds is 4. The summed E-state index contributed by atoms with van der Waals surface area (Å²) in [7, 11) is 0. The molecule has 23 heavy (non-hydrogen) atoms. The van der Waals surface area contributed by atoms with E-state index < -0.39 is 24.5 Å².